The van der Waals surface area contributed by atoms with E-state index in [9.17, 15) is 0 Å². The molecule has 0 fully saturated rings. The van der Waals surface area contributed by atoms with Crippen molar-refractivity contribution < 1.29 is 14.2 Å². The third kappa shape index (κ3) is 5.77. The Morgan fingerprint density at radius 3 is 2.68 bits per heavy atom. The van der Waals surface area contributed by atoms with Crippen molar-refractivity contribution in [3.63, 3.8) is 0 Å². The van der Waals surface area contributed by atoms with Crippen molar-refractivity contribution in [3.8, 4) is 11.5 Å². The van der Waals surface area contributed by atoms with Crippen LogP contribution < -0.4 is 14.8 Å². The Morgan fingerprint density at radius 1 is 1.26 bits per heavy atom. The van der Waals surface area contributed by atoms with Gasteiger partial charge in [0.1, 0.15) is 11.5 Å². The van der Waals surface area contributed by atoms with Gasteiger partial charge in [-0.15, -0.1) is 0 Å². The molecule has 0 aliphatic heterocycles. The normalized spacial score (nSPS) is 10.3. The molecule has 19 heavy (non-hydrogen) atoms. The lowest BCUT2D eigenvalue weighted by Crippen LogP contribution is -2.20. The zero-order valence-corrected chi connectivity index (χ0v) is 12.0. The number of hydrogen-bond acceptors (Lipinski definition) is 4. The average Bonchev–Trinajstić information content (AvgIpc) is 2.42. The number of methoxy groups -OCH3 is 2. The van der Waals surface area contributed by atoms with Crippen LogP contribution in [0.4, 0.5) is 0 Å². The Hall–Kier alpha value is -1.52. The van der Waals surface area contributed by atoms with E-state index in [0.717, 1.165) is 35.7 Å². The van der Waals surface area contributed by atoms with Crippen LogP contribution in [-0.4, -0.2) is 34.0 Å². The van der Waals surface area contributed by atoms with E-state index in [4.69, 9.17) is 14.2 Å². The standard InChI is InChI=1S/C15H23NO3/c1-12(2)11-19-8-7-16-10-13-5-6-14(17-3)9-15(13)18-4/h5-6,9,16H,1,7-8,10-11H2,2-4H3. The van der Waals surface area contributed by atoms with Gasteiger partial charge in [-0.25, -0.2) is 0 Å². The third-order valence-electron chi connectivity index (χ3n) is 2.58. The van der Waals surface area contributed by atoms with E-state index in [1.807, 2.05) is 25.1 Å². The van der Waals surface area contributed by atoms with E-state index in [-0.39, 0.29) is 0 Å². The molecule has 0 aliphatic rings. The molecule has 0 spiro atoms. The molecule has 4 nitrogen and oxygen atoms in total. The van der Waals surface area contributed by atoms with Crippen LogP contribution in [0.25, 0.3) is 0 Å². The van der Waals surface area contributed by atoms with E-state index in [1.165, 1.54) is 0 Å². The molecule has 1 rings (SSSR count). The van der Waals surface area contributed by atoms with Gasteiger partial charge in [0.05, 0.1) is 27.4 Å². The van der Waals surface area contributed by atoms with Crippen molar-refractivity contribution in [2.24, 2.45) is 0 Å². The molecule has 0 aliphatic carbocycles. The Labute approximate surface area is 115 Å². The fraction of sp³-hybridized carbons (Fsp3) is 0.467. The van der Waals surface area contributed by atoms with Gasteiger partial charge in [-0.3, -0.25) is 0 Å². The highest BCUT2D eigenvalue weighted by molar-refractivity contribution is 5.40. The van der Waals surface area contributed by atoms with Crippen molar-refractivity contribution in [3.05, 3.63) is 35.9 Å². The van der Waals surface area contributed by atoms with Gasteiger partial charge >= 0.3 is 0 Å². The molecule has 1 aromatic rings. The number of benzene rings is 1. The average molecular weight is 265 g/mol. The predicted molar refractivity (Wildman–Crippen MR) is 76.9 cm³/mol. The van der Waals surface area contributed by atoms with Crippen LogP contribution in [-0.2, 0) is 11.3 Å². The molecule has 0 saturated carbocycles. The van der Waals surface area contributed by atoms with Crippen molar-refractivity contribution in [2.75, 3.05) is 34.0 Å². The summed E-state index contributed by atoms with van der Waals surface area (Å²) in [7, 11) is 3.31. The zero-order chi connectivity index (χ0) is 14.1. The Morgan fingerprint density at radius 2 is 2.05 bits per heavy atom. The van der Waals surface area contributed by atoms with Gasteiger partial charge in [-0.2, -0.15) is 0 Å². The van der Waals surface area contributed by atoms with Crippen molar-refractivity contribution in [2.45, 2.75) is 13.5 Å². The second-order valence-electron chi connectivity index (χ2n) is 4.36. The SMILES string of the molecule is C=C(C)COCCNCc1ccc(OC)cc1OC. The Balaban J connectivity index is 2.34. The van der Waals surface area contributed by atoms with Crippen molar-refractivity contribution in [1.29, 1.82) is 0 Å². The lowest BCUT2D eigenvalue weighted by Gasteiger charge is -2.11. The summed E-state index contributed by atoms with van der Waals surface area (Å²) >= 11 is 0. The van der Waals surface area contributed by atoms with E-state index < -0.39 is 0 Å². The fourth-order valence-electron chi connectivity index (χ4n) is 1.61. The summed E-state index contributed by atoms with van der Waals surface area (Å²) in [6.07, 6.45) is 0. The van der Waals surface area contributed by atoms with Gasteiger partial charge in [0, 0.05) is 24.7 Å². The summed E-state index contributed by atoms with van der Waals surface area (Å²) in [4.78, 5) is 0. The highest BCUT2D eigenvalue weighted by atomic mass is 16.5. The molecule has 0 aromatic heterocycles. The van der Waals surface area contributed by atoms with E-state index in [2.05, 4.69) is 11.9 Å². The third-order valence-corrected chi connectivity index (χ3v) is 2.58. The van der Waals surface area contributed by atoms with Crippen LogP contribution in [0.1, 0.15) is 12.5 Å². The van der Waals surface area contributed by atoms with Crippen LogP contribution in [0.2, 0.25) is 0 Å². The van der Waals surface area contributed by atoms with E-state index >= 15 is 0 Å². The van der Waals surface area contributed by atoms with Crippen LogP contribution in [0, 0.1) is 0 Å². The Bertz CT molecular complexity index is 404. The topological polar surface area (TPSA) is 39.7 Å². The molecule has 0 unspecified atom stereocenters. The maximum absolute atomic E-state index is 5.41. The minimum Gasteiger partial charge on any atom is -0.497 e. The molecule has 0 saturated heterocycles. The zero-order valence-electron chi connectivity index (χ0n) is 12.0. The molecule has 0 atom stereocenters. The van der Waals surface area contributed by atoms with Gasteiger partial charge in [0.25, 0.3) is 0 Å². The molecule has 0 radical (unpaired) electrons. The summed E-state index contributed by atoms with van der Waals surface area (Å²) in [5, 5.41) is 3.31. The fourth-order valence-corrected chi connectivity index (χ4v) is 1.61. The summed E-state index contributed by atoms with van der Waals surface area (Å²) in [5.41, 5.74) is 2.14. The van der Waals surface area contributed by atoms with Crippen LogP contribution in [0.15, 0.2) is 30.4 Å². The lowest BCUT2D eigenvalue weighted by atomic mass is 10.2. The number of hydrogen-bond donors (Lipinski definition) is 1. The van der Waals surface area contributed by atoms with Gasteiger partial charge in [0.15, 0.2) is 0 Å². The monoisotopic (exact) mass is 265 g/mol. The van der Waals surface area contributed by atoms with Gasteiger partial charge in [-0.05, 0) is 13.0 Å². The molecular weight excluding hydrogens is 242 g/mol. The van der Waals surface area contributed by atoms with E-state index in [0.29, 0.717) is 13.2 Å². The summed E-state index contributed by atoms with van der Waals surface area (Å²) in [6, 6.07) is 5.81. The second-order valence-corrected chi connectivity index (χ2v) is 4.36. The number of nitrogens with one attached hydrogen (secondary N) is 1. The summed E-state index contributed by atoms with van der Waals surface area (Å²) in [6.45, 7) is 8.56. The highest BCUT2D eigenvalue weighted by Crippen LogP contribution is 2.24. The Kier molecular flexibility index (Phi) is 7.00. The quantitative estimate of drug-likeness (QED) is 0.550. The lowest BCUT2D eigenvalue weighted by molar-refractivity contribution is 0.157. The van der Waals surface area contributed by atoms with Gasteiger partial charge in [-0.1, -0.05) is 18.2 Å². The first-order chi connectivity index (χ1) is 9.17. The maximum atomic E-state index is 5.41. The first kappa shape index (κ1) is 15.5. The molecule has 1 N–H and O–H groups in total. The number of ether oxygens (including phenoxy) is 3. The summed E-state index contributed by atoms with van der Waals surface area (Å²) in [5.74, 6) is 1.63. The highest BCUT2D eigenvalue weighted by Gasteiger charge is 2.04. The number of rotatable bonds is 9. The van der Waals surface area contributed by atoms with E-state index in [1.54, 1.807) is 14.2 Å². The molecular formula is C15H23NO3. The van der Waals surface area contributed by atoms with Crippen LogP contribution >= 0.6 is 0 Å². The van der Waals surface area contributed by atoms with Crippen molar-refractivity contribution in [1.82, 2.24) is 5.32 Å². The molecule has 106 valence electrons. The molecule has 0 heterocycles. The molecule has 0 amide bonds. The molecule has 0 bridgehead atoms. The molecule has 4 heteroatoms. The van der Waals surface area contributed by atoms with Gasteiger partial charge < -0.3 is 19.5 Å². The molecule has 1 aromatic carbocycles. The second kappa shape index (κ2) is 8.56. The first-order valence-corrected chi connectivity index (χ1v) is 6.31. The summed E-state index contributed by atoms with van der Waals surface area (Å²) < 4.78 is 15.9. The first-order valence-electron chi connectivity index (χ1n) is 6.31. The smallest absolute Gasteiger partial charge is 0.127 e. The predicted octanol–water partition coefficient (Wildman–Crippen LogP) is 2.39. The van der Waals surface area contributed by atoms with Gasteiger partial charge in [0.2, 0.25) is 0 Å². The van der Waals surface area contributed by atoms with Crippen LogP contribution in [0.5, 0.6) is 11.5 Å². The largest absolute Gasteiger partial charge is 0.497 e. The minimum absolute atomic E-state index is 0.619. The van der Waals surface area contributed by atoms with Crippen molar-refractivity contribution >= 4 is 0 Å². The maximum Gasteiger partial charge on any atom is 0.127 e. The minimum atomic E-state index is 0.619. The van der Waals surface area contributed by atoms with Crippen LogP contribution in [0.3, 0.4) is 0 Å².